The first-order valence-corrected chi connectivity index (χ1v) is 16.6. The summed E-state index contributed by atoms with van der Waals surface area (Å²) in [5.74, 6) is 0. The highest BCUT2D eigenvalue weighted by Crippen LogP contribution is 2.21. The van der Waals surface area contributed by atoms with Crippen molar-refractivity contribution in [1.29, 1.82) is 0 Å². The van der Waals surface area contributed by atoms with Crippen LogP contribution in [0.2, 0.25) is 0 Å². The normalized spacial score (nSPS) is 11.3. The van der Waals surface area contributed by atoms with Crippen LogP contribution in [0.1, 0.15) is 64.1 Å². The highest BCUT2D eigenvalue weighted by Gasteiger charge is 2.24. The van der Waals surface area contributed by atoms with Crippen LogP contribution in [-0.2, 0) is 22.7 Å². The van der Waals surface area contributed by atoms with Gasteiger partial charge in [0.15, 0.2) is 11.3 Å². The Morgan fingerprint density at radius 3 is 1.71 bits per heavy atom. The molecule has 0 spiro atoms. The molecule has 6 aromatic rings. The molecule has 0 saturated carbocycles. The number of H-pyrrole nitrogens is 1. The maximum absolute atomic E-state index is 13.0. The van der Waals surface area contributed by atoms with Gasteiger partial charge in [0.1, 0.15) is 22.4 Å². The van der Waals surface area contributed by atoms with Gasteiger partial charge in [-0.2, -0.15) is 9.97 Å². The van der Waals surface area contributed by atoms with Crippen molar-refractivity contribution in [3.05, 3.63) is 116 Å². The number of fused-ring (bicyclic) bond motifs is 2. The van der Waals surface area contributed by atoms with Crippen molar-refractivity contribution < 1.29 is 9.47 Å². The minimum atomic E-state index is -0.371. The van der Waals surface area contributed by atoms with Gasteiger partial charge in [-0.3, -0.25) is 14.2 Å². The van der Waals surface area contributed by atoms with Crippen LogP contribution in [0.3, 0.4) is 0 Å². The standard InChI is InChI=1S/C18H20N4O2.C11H14N4O2.C7H7Br/c1-18(2,3)14-16(23)22(11-12-8-6-5-7-9-12)15-13(20-14)10-19-17(21-15)24-4;1-11(2,3)7-9(16)14-8-6(13-7)5-12-10(15-8)17-4;8-6-7-4-2-1-3-5-7/h5-10H,11H2,1-4H3;5H,1-4H3,(H,12,14,15,16);1-5H,6H2. The number of alkyl halides is 1. The maximum Gasteiger partial charge on any atom is 0.318 e. The van der Waals surface area contributed by atoms with E-state index in [-0.39, 0.29) is 34.0 Å². The predicted octanol–water partition coefficient (Wildman–Crippen LogP) is 6.14. The van der Waals surface area contributed by atoms with Crippen molar-refractivity contribution in [3.8, 4) is 12.0 Å². The Labute approximate surface area is 293 Å². The molecule has 0 aliphatic carbocycles. The lowest BCUT2D eigenvalue weighted by Crippen LogP contribution is -2.33. The number of rotatable bonds is 5. The lowest BCUT2D eigenvalue weighted by molar-refractivity contribution is 0.380. The molecule has 6 rings (SSSR count). The van der Waals surface area contributed by atoms with E-state index in [4.69, 9.17) is 9.47 Å². The van der Waals surface area contributed by atoms with Crippen LogP contribution < -0.4 is 20.6 Å². The zero-order chi connectivity index (χ0) is 35.8. The Bertz CT molecular complexity index is 2120. The number of ether oxygens (including phenoxy) is 2. The van der Waals surface area contributed by atoms with Gasteiger partial charge in [-0.15, -0.1) is 0 Å². The molecule has 0 radical (unpaired) electrons. The number of hydrogen-bond acceptors (Lipinski definition) is 10. The zero-order valence-electron chi connectivity index (χ0n) is 29.0. The first-order chi connectivity index (χ1) is 23.2. The van der Waals surface area contributed by atoms with Crippen LogP contribution in [0.5, 0.6) is 12.0 Å². The molecule has 0 fully saturated rings. The minimum Gasteiger partial charge on any atom is -0.467 e. The summed E-state index contributed by atoms with van der Waals surface area (Å²) in [5.41, 5.74) is 4.25. The summed E-state index contributed by atoms with van der Waals surface area (Å²) in [6, 6.07) is 20.5. The van der Waals surface area contributed by atoms with E-state index >= 15 is 0 Å². The lowest BCUT2D eigenvalue weighted by Gasteiger charge is -2.19. The van der Waals surface area contributed by atoms with Gasteiger partial charge < -0.3 is 14.5 Å². The summed E-state index contributed by atoms with van der Waals surface area (Å²) in [4.78, 5) is 52.8. The second-order valence-corrected chi connectivity index (χ2v) is 13.6. The lowest BCUT2D eigenvalue weighted by atomic mass is 9.92. The molecule has 0 unspecified atom stereocenters. The van der Waals surface area contributed by atoms with E-state index in [1.54, 1.807) is 10.8 Å². The van der Waals surface area contributed by atoms with Crippen molar-refractivity contribution in [2.24, 2.45) is 0 Å². The number of nitrogens with one attached hydrogen (secondary N) is 1. The molecular formula is C36H41BrN8O4. The van der Waals surface area contributed by atoms with Gasteiger partial charge >= 0.3 is 12.0 Å². The summed E-state index contributed by atoms with van der Waals surface area (Å²) in [7, 11) is 2.97. The molecule has 4 heterocycles. The number of hydrogen-bond donors (Lipinski definition) is 1. The summed E-state index contributed by atoms with van der Waals surface area (Å²) in [6.45, 7) is 12.1. The fourth-order valence-electron chi connectivity index (χ4n) is 4.56. The number of nitrogens with zero attached hydrogens (tertiary/aromatic N) is 7. The number of methoxy groups -OCH3 is 2. The molecule has 2 aromatic carbocycles. The van der Waals surface area contributed by atoms with E-state index in [1.165, 1.54) is 26.0 Å². The van der Waals surface area contributed by atoms with E-state index in [9.17, 15) is 9.59 Å². The monoisotopic (exact) mass is 728 g/mol. The quantitative estimate of drug-likeness (QED) is 0.205. The summed E-state index contributed by atoms with van der Waals surface area (Å²) >= 11 is 3.36. The molecule has 256 valence electrons. The minimum absolute atomic E-state index is 0.139. The molecule has 0 bridgehead atoms. The van der Waals surface area contributed by atoms with E-state index in [0.29, 0.717) is 40.3 Å². The molecule has 13 heteroatoms. The van der Waals surface area contributed by atoms with E-state index < -0.39 is 0 Å². The fraction of sp³-hybridized carbons (Fsp3) is 0.333. The van der Waals surface area contributed by atoms with Crippen LogP contribution in [0.4, 0.5) is 0 Å². The first-order valence-electron chi connectivity index (χ1n) is 15.5. The van der Waals surface area contributed by atoms with E-state index in [0.717, 1.165) is 10.9 Å². The molecular weight excluding hydrogens is 688 g/mol. The van der Waals surface area contributed by atoms with Crippen LogP contribution >= 0.6 is 15.9 Å². The van der Waals surface area contributed by atoms with Gasteiger partial charge in [-0.05, 0) is 11.1 Å². The third kappa shape index (κ3) is 9.53. The summed E-state index contributed by atoms with van der Waals surface area (Å²) in [6.07, 6.45) is 3.13. The predicted molar refractivity (Wildman–Crippen MR) is 195 cm³/mol. The van der Waals surface area contributed by atoms with Gasteiger partial charge in [0.25, 0.3) is 11.1 Å². The number of benzene rings is 2. The van der Waals surface area contributed by atoms with Crippen LogP contribution in [-0.4, -0.2) is 53.7 Å². The Balaban J connectivity index is 0.000000187. The molecule has 0 saturated heterocycles. The second kappa shape index (κ2) is 15.9. The Hall–Kier alpha value is -5.04. The van der Waals surface area contributed by atoms with Gasteiger partial charge in [0.2, 0.25) is 0 Å². The summed E-state index contributed by atoms with van der Waals surface area (Å²) < 4.78 is 11.6. The topological polar surface area (TPSA) is 151 Å². The third-order valence-corrected chi connectivity index (χ3v) is 7.70. The van der Waals surface area contributed by atoms with E-state index in [2.05, 4.69) is 63.0 Å². The van der Waals surface area contributed by atoms with Crippen LogP contribution in [0.15, 0.2) is 82.6 Å². The van der Waals surface area contributed by atoms with Crippen molar-refractivity contribution in [1.82, 2.24) is 39.5 Å². The first kappa shape index (κ1) is 36.8. The molecule has 0 amide bonds. The van der Waals surface area contributed by atoms with Crippen molar-refractivity contribution in [2.75, 3.05) is 14.2 Å². The molecule has 12 nitrogen and oxygen atoms in total. The average Bonchev–Trinajstić information content (AvgIpc) is 3.09. The largest absolute Gasteiger partial charge is 0.467 e. The summed E-state index contributed by atoms with van der Waals surface area (Å²) in [5, 5.41) is 0.952. The zero-order valence-corrected chi connectivity index (χ0v) is 30.6. The van der Waals surface area contributed by atoms with Crippen LogP contribution in [0.25, 0.3) is 22.3 Å². The highest BCUT2D eigenvalue weighted by molar-refractivity contribution is 9.08. The number of aromatic nitrogens is 8. The highest BCUT2D eigenvalue weighted by atomic mass is 79.9. The SMILES string of the molecule is BrCc1ccccc1.COc1ncc2nc(C(C)(C)C)c(=O)[nH]c2n1.COc1ncc2nc(C(C)(C)C)c(=O)n(Cc3ccccc3)c2n1. The molecule has 0 aliphatic rings. The smallest absolute Gasteiger partial charge is 0.318 e. The van der Waals surface area contributed by atoms with Crippen molar-refractivity contribution in [2.45, 2.75) is 64.2 Å². The van der Waals surface area contributed by atoms with Gasteiger partial charge in [-0.1, -0.05) is 118 Å². The second-order valence-electron chi connectivity index (χ2n) is 13.0. The Morgan fingerprint density at radius 1 is 0.694 bits per heavy atom. The Morgan fingerprint density at radius 2 is 1.20 bits per heavy atom. The number of aromatic amines is 1. The molecule has 1 N–H and O–H groups in total. The number of halogens is 1. The van der Waals surface area contributed by atoms with Gasteiger partial charge in [-0.25, -0.2) is 19.9 Å². The maximum atomic E-state index is 13.0. The van der Waals surface area contributed by atoms with Crippen molar-refractivity contribution in [3.63, 3.8) is 0 Å². The van der Waals surface area contributed by atoms with Crippen molar-refractivity contribution >= 4 is 38.3 Å². The average molecular weight is 730 g/mol. The molecule has 4 aromatic heterocycles. The molecule has 0 aliphatic heterocycles. The Kier molecular flexibility index (Phi) is 11.9. The fourth-order valence-corrected chi connectivity index (χ4v) is 4.94. The van der Waals surface area contributed by atoms with Gasteiger partial charge in [0, 0.05) is 16.2 Å². The van der Waals surface area contributed by atoms with Gasteiger partial charge in [0.05, 0.1) is 33.2 Å². The molecule has 49 heavy (non-hydrogen) atoms. The van der Waals surface area contributed by atoms with E-state index in [1.807, 2.05) is 90.1 Å². The van der Waals surface area contributed by atoms with Crippen LogP contribution in [0, 0.1) is 0 Å². The molecule has 0 atom stereocenters. The third-order valence-electron chi connectivity index (χ3n) is 7.06.